The van der Waals surface area contributed by atoms with Gasteiger partial charge in [-0.05, 0) is 31.5 Å². The van der Waals surface area contributed by atoms with Crippen molar-refractivity contribution in [3.63, 3.8) is 0 Å². The number of carboxylic acid groups (broad SMARTS) is 1. The summed E-state index contributed by atoms with van der Waals surface area (Å²) in [6.45, 7) is 5.12. The van der Waals surface area contributed by atoms with Crippen molar-refractivity contribution in [2.75, 3.05) is 19.8 Å². The van der Waals surface area contributed by atoms with Gasteiger partial charge >= 0.3 is 5.97 Å². The van der Waals surface area contributed by atoms with E-state index in [0.29, 0.717) is 25.6 Å². The Bertz CT molecular complexity index is 404. The summed E-state index contributed by atoms with van der Waals surface area (Å²) >= 11 is 3.26. The van der Waals surface area contributed by atoms with Gasteiger partial charge in [-0.3, -0.25) is 0 Å². The number of rotatable bonds is 6. The third kappa shape index (κ3) is 4.02. The van der Waals surface area contributed by atoms with Crippen LogP contribution in [0.2, 0.25) is 0 Å². The van der Waals surface area contributed by atoms with Gasteiger partial charge in [0.25, 0.3) is 0 Å². The summed E-state index contributed by atoms with van der Waals surface area (Å²) in [4.78, 5) is 11.1. The second kappa shape index (κ2) is 6.61. The van der Waals surface area contributed by atoms with Crippen molar-refractivity contribution in [1.29, 1.82) is 0 Å². The maximum atomic E-state index is 11.1. The van der Waals surface area contributed by atoms with Crippen LogP contribution in [0.1, 0.15) is 22.8 Å². The van der Waals surface area contributed by atoms with Crippen LogP contribution in [0.15, 0.2) is 16.6 Å². The van der Waals surface area contributed by atoms with Crippen LogP contribution in [-0.2, 0) is 4.74 Å². The Morgan fingerprint density at radius 2 is 2.12 bits per heavy atom. The van der Waals surface area contributed by atoms with Crippen molar-refractivity contribution in [2.45, 2.75) is 13.8 Å². The van der Waals surface area contributed by atoms with Crippen molar-refractivity contribution in [3.8, 4) is 5.75 Å². The summed E-state index contributed by atoms with van der Waals surface area (Å²) in [5.41, 5.74) is 0.946. The monoisotopic (exact) mass is 302 g/mol. The zero-order valence-corrected chi connectivity index (χ0v) is 11.4. The first-order chi connectivity index (χ1) is 8.06. The van der Waals surface area contributed by atoms with Gasteiger partial charge in [0.05, 0.1) is 6.61 Å². The number of ether oxygens (including phenoxy) is 2. The molecule has 0 aromatic heterocycles. The van der Waals surface area contributed by atoms with Gasteiger partial charge in [0.1, 0.15) is 17.9 Å². The first-order valence-corrected chi connectivity index (χ1v) is 6.09. The van der Waals surface area contributed by atoms with Gasteiger partial charge in [0.15, 0.2) is 0 Å². The second-order valence-electron chi connectivity index (χ2n) is 3.45. The normalized spacial score (nSPS) is 10.3. The molecule has 0 heterocycles. The van der Waals surface area contributed by atoms with E-state index in [1.807, 2.05) is 19.9 Å². The molecule has 1 aromatic rings. The Morgan fingerprint density at radius 3 is 2.71 bits per heavy atom. The van der Waals surface area contributed by atoms with Gasteiger partial charge in [0, 0.05) is 11.1 Å². The molecule has 0 aliphatic heterocycles. The number of aromatic carboxylic acids is 1. The number of hydrogen-bond acceptors (Lipinski definition) is 3. The molecule has 1 rings (SSSR count). The zero-order valence-electron chi connectivity index (χ0n) is 9.83. The van der Waals surface area contributed by atoms with Crippen molar-refractivity contribution in [3.05, 3.63) is 27.7 Å². The van der Waals surface area contributed by atoms with Gasteiger partial charge in [-0.15, -0.1) is 0 Å². The van der Waals surface area contributed by atoms with Crippen molar-refractivity contribution in [1.82, 2.24) is 0 Å². The summed E-state index contributed by atoms with van der Waals surface area (Å²) in [6, 6.07) is 3.35. The molecule has 5 heteroatoms. The third-order valence-corrected chi connectivity index (χ3v) is 2.61. The average molecular weight is 303 g/mol. The predicted octanol–water partition coefficient (Wildman–Crippen LogP) is 2.87. The summed E-state index contributed by atoms with van der Waals surface area (Å²) in [7, 11) is 0. The number of halogens is 1. The zero-order chi connectivity index (χ0) is 12.8. The smallest absolute Gasteiger partial charge is 0.339 e. The fourth-order valence-electron chi connectivity index (χ4n) is 1.43. The number of carboxylic acids is 1. The minimum atomic E-state index is -0.999. The van der Waals surface area contributed by atoms with Crippen molar-refractivity contribution in [2.24, 2.45) is 0 Å². The van der Waals surface area contributed by atoms with Crippen LogP contribution in [-0.4, -0.2) is 30.9 Å². The highest BCUT2D eigenvalue weighted by Crippen LogP contribution is 2.28. The molecule has 0 saturated carbocycles. The molecule has 0 saturated heterocycles. The minimum Gasteiger partial charge on any atom is -0.490 e. The van der Waals surface area contributed by atoms with E-state index in [1.54, 1.807) is 0 Å². The first kappa shape index (κ1) is 14.0. The third-order valence-electron chi connectivity index (χ3n) is 2.15. The van der Waals surface area contributed by atoms with Gasteiger partial charge in [-0.1, -0.05) is 15.9 Å². The minimum absolute atomic E-state index is 0.161. The van der Waals surface area contributed by atoms with Crippen LogP contribution in [0.5, 0.6) is 5.75 Å². The molecule has 94 valence electrons. The quantitative estimate of drug-likeness (QED) is 0.821. The number of carbonyl (C=O) groups is 1. The molecule has 0 bridgehead atoms. The van der Waals surface area contributed by atoms with Gasteiger partial charge in [0.2, 0.25) is 0 Å². The van der Waals surface area contributed by atoms with E-state index in [4.69, 9.17) is 14.6 Å². The molecular weight excluding hydrogens is 288 g/mol. The lowest BCUT2D eigenvalue weighted by molar-refractivity contribution is 0.0686. The number of aryl methyl sites for hydroxylation is 1. The number of benzene rings is 1. The van der Waals surface area contributed by atoms with E-state index < -0.39 is 5.97 Å². The molecule has 0 fully saturated rings. The predicted molar refractivity (Wildman–Crippen MR) is 67.8 cm³/mol. The Balaban J connectivity index is 2.85. The lowest BCUT2D eigenvalue weighted by Crippen LogP contribution is -2.10. The molecular formula is C12H15BrO4. The molecule has 0 aliphatic carbocycles. The maximum absolute atomic E-state index is 11.1. The SMILES string of the molecule is CCOCCOc1c(C)cc(Br)cc1C(=O)O. The second-order valence-corrected chi connectivity index (χ2v) is 4.37. The molecule has 17 heavy (non-hydrogen) atoms. The molecule has 0 aliphatic rings. The van der Waals surface area contributed by atoms with E-state index in [2.05, 4.69) is 15.9 Å². The summed E-state index contributed by atoms with van der Waals surface area (Å²) in [5, 5.41) is 9.09. The molecule has 0 unspecified atom stereocenters. The molecule has 0 atom stereocenters. The average Bonchev–Trinajstić information content (AvgIpc) is 2.25. The molecule has 0 radical (unpaired) electrons. The van der Waals surface area contributed by atoms with Crippen LogP contribution in [0.3, 0.4) is 0 Å². The van der Waals surface area contributed by atoms with Gasteiger partial charge < -0.3 is 14.6 Å². The van der Waals surface area contributed by atoms with Crippen LogP contribution >= 0.6 is 15.9 Å². The molecule has 1 aromatic carbocycles. The van der Waals surface area contributed by atoms with Gasteiger partial charge in [-0.25, -0.2) is 4.79 Å². The molecule has 1 N–H and O–H groups in total. The van der Waals surface area contributed by atoms with Crippen LogP contribution in [0.25, 0.3) is 0 Å². The molecule has 4 nitrogen and oxygen atoms in total. The van der Waals surface area contributed by atoms with E-state index in [-0.39, 0.29) is 5.56 Å². The summed E-state index contributed by atoms with van der Waals surface area (Å²) in [5.74, 6) is -0.596. The highest BCUT2D eigenvalue weighted by Gasteiger charge is 2.15. The van der Waals surface area contributed by atoms with Crippen molar-refractivity contribution < 1.29 is 19.4 Å². The van der Waals surface area contributed by atoms with E-state index in [0.717, 1.165) is 10.0 Å². The van der Waals surface area contributed by atoms with E-state index in [9.17, 15) is 4.79 Å². The summed E-state index contributed by atoms with van der Waals surface area (Å²) in [6.07, 6.45) is 0. The maximum Gasteiger partial charge on any atom is 0.339 e. The summed E-state index contributed by atoms with van der Waals surface area (Å²) < 4.78 is 11.3. The van der Waals surface area contributed by atoms with Crippen molar-refractivity contribution >= 4 is 21.9 Å². The molecule has 0 amide bonds. The largest absolute Gasteiger partial charge is 0.490 e. The van der Waals surface area contributed by atoms with Gasteiger partial charge in [-0.2, -0.15) is 0 Å². The Labute approximate surface area is 109 Å². The lowest BCUT2D eigenvalue weighted by atomic mass is 10.1. The first-order valence-electron chi connectivity index (χ1n) is 5.30. The Kier molecular flexibility index (Phi) is 5.44. The van der Waals surface area contributed by atoms with E-state index in [1.165, 1.54) is 6.07 Å². The fourth-order valence-corrected chi connectivity index (χ4v) is 2.00. The lowest BCUT2D eigenvalue weighted by Gasteiger charge is -2.12. The Hall–Kier alpha value is -1.07. The topological polar surface area (TPSA) is 55.8 Å². The number of hydrogen-bond donors (Lipinski definition) is 1. The fraction of sp³-hybridized carbons (Fsp3) is 0.417. The van der Waals surface area contributed by atoms with E-state index >= 15 is 0 Å². The Morgan fingerprint density at radius 1 is 1.41 bits per heavy atom. The van der Waals surface area contributed by atoms with Crippen LogP contribution in [0, 0.1) is 6.92 Å². The standard InChI is InChI=1S/C12H15BrO4/c1-3-16-4-5-17-11-8(2)6-9(13)7-10(11)12(14)15/h6-7H,3-5H2,1-2H3,(H,14,15). The molecule has 0 spiro atoms. The highest BCUT2D eigenvalue weighted by atomic mass is 79.9. The van der Waals surface area contributed by atoms with Crippen LogP contribution in [0.4, 0.5) is 0 Å². The van der Waals surface area contributed by atoms with Crippen LogP contribution < -0.4 is 4.74 Å². The highest BCUT2D eigenvalue weighted by molar-refractivity contribution is 9.10.